The van der Waals surface area contributed by atoms with Gasteiger partial charge in [-0.1, -0.05) is 25.2 Å². The molecule has 0 aliphatic rings. The van der Waals surface area contributed by atoms with Crippen LogP contribution in [-0.2, 0) is 9.59 Å². The Morgan fingerprint density at radius 2 is 2.06 bits per heavy atom. The van der Waals surface area contributed by atoms with Gasteiger partial charge in [-0.05, 0) is 19.8 Å². The molecule has 0 aliphatic carbocycles. The van der Waals surface area contributed by atoms with Crippen LogP contribution in [0, 0.1) is 18.3 Å². The molecule has 100 valence electrons. The summed E-state index contributed by atoms with van der Waals surface area (Å²) in [4.78, 5) is 23.1. The average molecular weight is 271 g/mol. The lowest BCUT2D eigenvalue weighted by Crippen LogP contribution is -2.37. The molecule has 0 saturated carbocycles. The van der Waals surface area contributed by atoms with Gasteiger partial charge in [0.25, 0.3) is 0 Å². The maximum absolute atomic E-state index is 11.8. The molecule has 0 saturated heterocycles. The molecule has 1 rings (SSSR count). The standard InChI is InChI=1S/C11H17N3O3S/c1-6(2)11(4,9(16)17)5-8(15)12-10-14-13-7(3)18-10/h6H,5H2,1-4H3,(H,16,17)(H,12,14,15). The highest BCUT2D eigenvalue weighted by molar-refractivity contribution is 7.15. The fourth-order valence-electron chi connectivity index (χ4n) is 1.37. The monoisotopic (exact) mass is 271 g/mol. The van der Waals surface area contributed by atoms with Crippen LogP contribution in [0.5, 0.6) is 0 Å². The lowest BCUT2D eigenvalue weighted by atomic mass is 9.76. The number of anilines is 1. The van der Waals surface area contributed by atoms with E-state index in [1.165, 1.54) is 11.3 Å². The van der Waals surface area contributed by atoms with Crippen LogP contribution < -0.4 is 5.32 Å². The zero-order chi connectivity index (χ0) is 13.9. The molecule has 7 heteroatoms. The van der Waals surface area contributed by atoms with Gasteiger partial charge in [-0.25, -0.2) is 0 Å². The van der Waals surface area contributed by atoms with Crippen molar-refractivity contribution >= 4 is 28.3 Å². The van der Waals surface area contributed by atoms with Crippen molar-refractivity contribution in [1.29, 1.82) is 0 Å². The van der Waals surface area contributed by atoms with Gasteiger partial charge in [-0.2, -0.15) is 0 Å². The fourth-order valence-corrected chi connectivity index (χ4v) is 1.98. The third-order valence-electron chi connectivity index (χ3n) is 3.06. The summed E-state index contributed by atoms with van der Waals surface area (Å²) in [6, 6.07) is 0. The van der Waals surface area contributed by atoms with Gasteiger partial charge in [0.15, 0.2) is 0 Å². The molecule has 1 heterocycles. The number of hydrogen-bond acceptors (Lipinski definition) is 5. The zero-order valence-electron chi connectivity index (χ0n) is 10.9. The summed E-state index contributed by atoms with van der Waals surface area (Å²) in [5.41, 5.74) is -1.08. The van der Waals surface area contributed by atoms with Crippen LogP contribution in [0.1, 0.15) is 32.2 Å². The number of amides is 1. The van der Waals surface area contributed by atoms with Crippen LogP contribution in [0.3, 0.4) is 0 Å². The number of rotatable bonds is 5. The van der Waals surface area contributed by atoms with Gasteiger partial charge in [0.2, 0.25) is 11.0 Å². The number of hydrogen-bond donors (Lipinski definition) is 2. The Morgan fingerprint density at radius 1 is 1.44 bits per heavy atom. The summed E-state index contributed by atoms with van der Waals surface area (Å²) in [7, 11) is 0. The number of carbonyl (C=O) groups excluding carboxylic acids is 1. The number of aryl methyl sites for hydroxylation is 1. The Balaban J connectivity index is 2.71. The predicted octanol–water partition coefficient (Wildman–Crippen LogP) is 1.92. The van der Waals surface area contributed by atoms with E-state index in [0.29, 0.717) is 5.13 Å². The van der Waals surface area contributed by atoms with Gasteiger partial charge in [0.05, 0.1) is 5.41 Å². The molecule has 2 N–H and O–H groups in total. The number of nitrogens with zero attached hydrogens (tertiary/aromatic N) is 2. The highest BCUT2D eigenvalue weighted by Crippen LogP contribution is 2.31. The number of carbonyl (C=O) groups is 2. The van der Waals surface area contributed by atoms with E-state index in [1.54, 1.807) is 27.7 Å². The lowest BCUT2D eigenvalue weighted by Gasteiger charge is -2.27. The summed E-state index contributed by atoms with van der Waals surface area (Å²) < 4.78 is 0. The highest BCUT2D eigenvalue weighted by atomic mass is 32.1. The van der Waals surface area contributed by atoms with Crippen molar-refractivity contribution in [1.82, 2.24) is 10.2 Å². The van der Waals surface area contributed by atoms with Crippen LogP contribution in [-0.4, -0.2) is 27.2 Å². The van der Waals surface area contributed by atoms with Gasteiger partial charge in [-0.3, -0.25) is 9.59 Å². The van der Waals surface area contributed by atoms with Crippen LogP contribution >= 0.6 is 11.3 Å². The Labute approximate surface area is 109 Å². The van der Waals surface area contributed by atoms with Gasteiger partial charge in [-0.15, -0.1) is 10.2 Å². The number of nitrogens with one attached hydrogen (secondary N) is 1. The van der Waals surface area contributed by atoms with Crippen LogP contribution in [0.25, 0.3) is 0 Å². The molecule has 1 atom stereocenters. The second-order valence-electron chi connectivity index (χ2n) is 4.73. The molecule has 0 aromatic carbocycles. The fraction of sp³-hybridized carbons (Fsp3) is 0.636. The Morgan fingerprint density at radius 3 is 2.44 bits per heavy atom. The lowest BCUT2D eigenvalue weighted by molar-refractivity contribution is -0.153. The van der Waals surface area contributed by atoms with Crippen LogP contribution in [0.15, 0.2) is 0 Å². The van der Waals surface area contributed by atoms with E-state index in [0.717, 1.165) is 5.01 Å². The molecule has 18 heavy (non-hydrogen) atoms. The van der Waals surface area contributed by atoms with Crippen molar-refractivity contribution in [3.05, 3.63) is 5.01 Å². The molecule has 0 bridgehead atoms. The molecule has 1 unspecified atom stereocenters. The van der Waals surface area contributed by atoms with Crippen molar-refractivity contribution in [3.63, 3.8) is 0 Å². The average Bonchev–Trinajstić information content (AvgIpc) is 2.62. The van der Waals surface area contributed by atoms with Crippen molar-refractivity contribution in [2.45, 2.75) is 34.1 Å². The summed E-state index contributed by atoms with van der Waals surface area (Å²) in [6.45, 7) is 6.93. The molecular formula is C11H17N3O3S. The number of aromatic nitrogens is 2. The van der Waals surface area contributed by atoms with E-state index in [4.69, 9.17) is 0 Å². The van der Waals surface area contributed by atoms with Gasteiger partial charge >= 0.3 is 5.97 Å². The number of carboxylic acids is 1. The first-order valence-electron chi connectivity index (χ1n) is 5.59. The summed E-state index contributed by atoms with van der Waals surface area (Å²) in [5.74, 6) is -1.47. The summed E-state index contributed by atoms with van der Waals surface area (Å²) in [6.07, 6.45) is -0.0847. The molecule has 1 aromatic rings. The zero-order valence-corrected chi connectivity index (χ0v) is 11.7. The van der Waals surface area contributed by atoms with Crippen LogP contribution in [0.2, 0.25) is 0 Å². The van der Waals surface area contributed by atoms with Gasteiger partial charge in [0, 0.05) is 6.42 Å². The first kappa shape index (κ1) is 14.6. The second-order valence-corrected chi connectivity index (χ2v) is 5.91. The van der Waals surface area contributed by atoms with Gasteiger partial charge in [0.1, 0.15) is 5.01 Å². The van der Waals surface area contributed by atoms with E-state index >= 15 is 0 Å². The maximum Gasteiger partial charge on any atom is 0.310 e. The first-order chi connectivity index (χ1) is 8.25. The Hall–Kier alpha value is -1.50. The first-order valence-corrected chi connectivity index (χ1v) is 6.40. The molecule has 0 radical (unpaired) electrons. The van der Waals surface area contributed by atoms with E-state index < -0.39 is 11.4 Å². The molecule has 6 nitrogen and oxygen atoms in total. The number of carboxylic acid groups (broad SMARTS) is 1. The molecular weight excluding hydrogens is 254 g/mol. The minimum absolute atomic E-state index is 0.0847. The predicted molar refractivity (Wildman–Crippen MR) is 68.5 cm³/mol. The van der Waals surface area contributed by atoms with E-state index in [9.17, 15) is 14.7 Å². The second kappa shape index (κ2) is 5.43. The highest BCUT2D eigenvalue weighted by Gasteiger charge is 2.38. The minimum atomic E-state index is -1.08. The summed E-state index contributed by atoms with van der Waals surface area (Å²) >= 11 is 1.26. The van der Waals surface area contributed by atoms with Crippen LogP contribution in [0.4, 0.5) is 5.13 Å². The third kappa shape index (κ3) is 3.25. The molecule has 0 aliphatic heterocycles. The Bertz CT molecular complexity index is 458. The topological polar surface area (TPSA) is 92.2 Å². The molecule has 0 spiro atoms. The van der Waals surface area contributed by atoms with Crippen molar-refractivity contribution in [3.8, 4) is 0 Å². The largest absolute Gasteiger partial charge is 0.481 e. The van der Waals surface area contributed by atoms with E-state index in [-0.39, 0.29) is 18.2 Å². The van der Waals surface area contributed by atoms with Crippen molar-refractivity contribution in [2.75, 3.05) is 5.32 Å². The minimum Gasteiger partial charge on any atom is -0.481 e. The van der Waals surface area contributed by atoms with Gasteiger partial charge < -0.3 is 10.4 Å². The van der Waals surface area contributed by atoms with Crippen molar-refractivity contribution in [2.24, 2.45) is 11.3 Å². The molecule has 0 fully saturated rings. The number of aliphatic carboxylic acids is 1. The third-order valence-corrected chi connectivity index (χ3v) is 3.82. The normalized spacial score (nSPS) is 14.3. The maximum atomic E-state index is 11.8. The smallest absolute Gasteiger partial charge is 0.310 e. The van der Waals surface area contributed by atoms with E-state index in [1.807, 2.05) is 0 Å². The quantitative estimate of drug-likeness (QED) is 0.853. The summed E-state index contributed by atoms with van der Waals surface area (Å²) in [5, 5.41) is 20.5. The Kier molecular flexibility index (Phi) is 4.39. The molecule has 1 amide bonds. The van der Waals surface area contributed by atoms with Crippen molar-refractivity contribution < 1.29 is 14.7 Å². The molecule has 1 aromatic heterocycles. The van der Waals surface area contributed by atoms with E-state index in [2.05, 4.69) is 15.5 Å². The SMILES string of the molecule is Cc1nnc(NC(=O)CC(C)(C(=O)O)C(C)C)s1.